The first-order valence-corrected chi connectivity index (χ1v) is 7.18. The van der Waals surface area contributed by atoms with Crippen molar-refractivity contribution >= 4 is 5.69 Å². The van der Waals surface area contributed by atoms with Gasteiger partial charge in [0.05, 0.1) is 5.92 Å². The summed E-state index contributed by atoms with van der Waals surface area (Å²) in [6.07, 6.45) is -0.821. The second-order valence-corrected chi connectivity index (χ2v) is 5.70. The fraction of sp³-hybridized carbons (Fsp3) is 0.600. The maximum atomic E-state index is 13.0. The first-order chi connectivity index (χ1) is 9.54. The fourth-order valence-corrected chi connectivity index (χ4v) is 3.12. The predicted molar refractivity (Wildman–Crippen MR) is 73.1 cm³/mol. The molecule has 0 bridgehead atoms. The van der Waals surface area contributed by atoms with Crippen molar-refractivity contribution < 1.29 is 13.2 Å². The smallest absolute Gasteiger partial charge is 0.370 e. The van der Waals surface area contributed by atoms with Gasteiger partial charge in [-0.05, 0) is 42.5 Å². The fourth-order valence-electron chi connectivity index (χ4n) is 3.12. The molecule has 0 saturated carbocycles. The number of anilines is 1. The third-order valence-corrected chi connectivity index (χ3v) is 4.30. The summed E-state index contributed by atoms with van der Waals surface area (Å²) in [4.78, 5) is 1.87. The zero-order valence-electron chi connectivity index (χ0n) is 11.3. The third kappa shape index (κ3) is 2.77. The van der Waals surface area contributed by atoms with E-state index >= 15 is 0 Å². The number of hydrogen-bond acceptors (Lipinski definition) is 2. The highest BCUT2D eigenvalue weighted by Gasteiger charge is 2.41. The molecular weight excluding hydrogens is 265 g/mol. The average Bonchev–Trinajstić information content (AvgIpc) is 2.70. The average molecular weight is 284 g/mol. The van der Waals surface area contributed by atoms with Gasteiger partial charge in [-0.2, -0.15) is 13.2 Å². The van der Waals surface area contributed by atoms with Crippen molar-refractivity contribution in [3.8, 4) is 0 Å². The van der Waals surface area contributed by atoms with E-state index in [1.165, 1.54) is 11.1 Å². The lowest BCUT2D eigenvalue weighted by atomic mass is 10.1. The molecule has 0 spiro atoms. The third-order valence-electron chi connectivity index (χ3n) is 4.30. The summed E-state index contributed by atoms with van der Waals surface area (Å²) >= 11 is 0. The Hall–Kier alpha value is -1.23. The number of hydrogen-bond donors (Lipinski definition) is 1. The highest BCUT2D eigenvalue weighted by molar-refractivity contribution is 5.52. The molecule has 2 aliphatic rings. The van der Waals surface area contributed by atoms with Gasteiger partial charge >= 0.3 is 6.18 Å². The van der Waals surface area contributed by atoms with Crippen LogP contribution in [0.25, 0.3) is 0 Å². The summed E-state index contributed by atoms with van der Waals surface area (Å²) in [7, 11) is 0. The van der Waals surface area contributed by atoms with Crippen LogP contribution in [0.15, 0.2) is 18.2 Å². The first-order valence-electron chi connectivity index (χ1n) is 7.18. The molecule has 1 aromatic carbocycles. The summed E-state index contributed by atoms with van der Waals surface area (Å²) in [6, 6.07) is 6.14. The monoisotopic (exact) mass is 284 g/mol. The quantitative estimate of drug-likeness (QED) is 0.853. The molecule has 5 heteroatoms. The highest BCUT2D eigenvalue weighted by Crippen LogP contribution is 2.31. The number of fused-ring (bicyclic) bond motifs is 1. The van der Waals surface area contributed by atoms with E-state index in [1.807, 2.05) is 11.0 Å². The van der Waals surface area contributed by atoms with E-state index in [4.69, 9.17) is 0 Å². The van der Waals surface area contributed by atoms with E-state index in [1.54, 1.807) is 0 Å². The second-order valence-electron chi connectivity index (χ2n) is 5.70. The van der Waals surface area contributed by atoms with Crippen LogP contribution < -0.4 is 10.2 Å². The molecule has 0 aromatic heterocycles. The Morgan fingerprint density at radius 2 is 1.95 bits per heavy atom. The van der Waals surface area contributed by atoms with Crippen molar-refractivity contribution in [2.75, 3.05) is 31.1 Å². The number of nitrogens with one attached hydrogen (secondary N) is 1. The summed E-state index contributed by atoms with van der Waals surface area (Å²) in [5.74, 6) is -1.29. The number of rotatable bonds is 1. The molecule has 0 radical (unpaired) electrons. The first kappa shape index (κ1) is 13.7. The SMILES string of the molecule is FC(F)(F)C1CNCCN(c2ccc3c(c2)CCC3)C1. The van der Waals surface area contributed by atoms with Crippen molar-refractivity contribution in [3.63, 3.8) is 0 Å². The lowest BCUT2D eigenvalue weighted by molar-refractivity contribution is -0.169. The van der Waals surface area contributed by atoms with Crippen LogP contribution in [0.1, 0.15) is 17.5 Å². The van der Waals surface area contributed by atoms with Crippen molar-refractivity contribution in [3.05, 3.63) is 29.3 Å². The van der Waals surface area contributed by atoms with E-state index in [0.717, 1.165) is 24.9 Å². The molecule has 1 unspecified atom stereocenters. The minimum atomic E-state index is -4.13. The van der Waals surface area contributed by atoms with Gasteiger partial charge < -0.3 is 10.2 Å². The molecule has 1 aromatic rings. The predicted octanol–water partition coefficient (Wildman–Crippen LogP) is 2.76. The van der Waals surface area contributed by atoms with Crippen molar-refractivity contribution in [2.24, 2.45) is 5.92 Å². The Morgan fingerprint density at radius 1 is 1.15 bits per heavy atom. The van der Waals surface area contributed by atoms with Crippen LogP contribution in [0, 0.1) is 5.92 Å². The topological polar surface area (TPSA) is 15.3 Å². The normalized spacial score (nSPS) is 23.6. The second kappa shape index (κ2) is 5.28. The molecule has 20 heavy (non-hydrogen) atoms. The van der Waals surface area contributed by atoms with Crippen LogP contribution in [0.3, 0.4) is 0 Å². The summed E-state index contributed by atoms with van der Waals surface area (Å²) in [6.45, 7) is 1.30. The van der Waals surface area contributed by atoms with Crippen LogP contribution in [-0.2, 0) is 12.8 Å². The van der Waals surface area contributed by atoms with Gasteiger partial charge in [0.2, 0.25) is 0 Å². The molecule has 1 aliphatic heterocycles. The number of alkyl halides is 3. The zero-order valence-corrected chi connectivity index (χ0v) is 11.3. The number of aryl methyl sites for hydroxylation is 2. The summed E-state index contributed by atoms with van der Waals surface area (Å²) < 4.78 is 38.9. The molecule has 0 amide bonds. The molecule has 1 aliphatic carbocycles. The van der Waals surface area contributed by atoms with Gasteiger partial charge in [-0.1, -0.05) is 6.07 Å². The minimum Gasteiger partial charge on any atom is -0.370 e. The number of nitrogens with zero attached hydrogens (tertiary/aromatic N) is 1. The Labute approximate surface area is 117 Å². The molecule has 1 N–H and O–H groups in total. The number of halogens is 3. The van der Waals surface area contributed by atoms with Gasteiger partial charge in [0.25, 0.3) is 0 Å². The Morgan fingerprint density at radius 3 is 2.75 bits per heavy atom. The van der Waals surface area contributed by atoms with Crippen molar-refractivity contribution in [1.29, 1.82) is 0 Å². The minimum absolute atomic E-state index is 0.0188. The Bertz CT molecular complexity index is 484. The molecule has 1 atom stereocenters. The maximum absolute atomic E-state index is 13.0. The van der Waals surface area contributed by atoms with Crippen LogP contribution in [0.5, 0.6) is 0 Å². The van der Waals surface area contributed by atoms with Crippen LogP contribution in [0.2, 0.25) is 0 Å². The van der Waals surface area contributed by atoms with E-state index < -0.39 is 12.1 Å². The molecular formula is C15H19F3N2. The van der Waals surface area contributed by atoms with Gasteiger partial charge in [0.15, 0.2) is 0 Å². The lowest BCUT2D eigenvalue weighted by Gasteiger charge is -2.27. The van der Waals surface area contributed by atoms with Gasteiger partial charge in [-0.25, -0.2) is 0 Å². The Kier molecular flexibility index (Phi) is 3.63. The van der Waals surface area contributed by atoms with Crippen LogP contribution >= 0.6 is 0 Å². The molecule has 3 rings (SSSR count). The highest BCUT2D eigenvalue weighted by atomic mass is 19.4. The van der Waals surface area contributed by atoms with Crippen molar-refractivity contribution in [2.45, 2.75) is 25.4 Å². The Balaban J connectivity index is 1.81. The molecule has 110 valence electrons. The van der Waals surface area contributed by atoms with Crippen molar-refractivity contribution in [1.82, 2.24) is 5.32 Å². The van der Waals surface area contributed by atoms with Gasteiger partial charge in [0.1, 0.15) is 0 Å². The van der Waals surface area contributed by atoms with Gasteiger partial charge in [-0.3, -0.25) is 0 Å². The standard InChI is InChI=1S/C15H19F3N2/c16-15(17,18)13-9-19-6-7-20(10-13)14-5-4-11-2-1-3-12(11)8-14/h4-5,8,13,19H,1-3,6-7,9-10H2. The van der Waals surface area contributed by atoms with E-state index in [2.05, 4.69) is 17.4 Å². The molecule has 2 nitrogen and oxygen atoms in total. The molecule has 1 fully saturated rings. The number of benzene rings is 1. The van der Waals surface area contributed by atoms with E-state index in [0.29, 0.717) is 13.1 Å². The largest absolute Gasteiger partial charge is 0.394 e. The molecule has 1 saturated heterocycles. The van der Waals surface area contributed by atoms with Crippen LogP contribution in [-0.4, -0.2) is 32.4 Å². The van der Waals surface area contributed by atoms with E-state index in [9.17, 15) is 13.2 Å². The van der Waals surface area contributed by atoms with Gasteiger partial charge in [-0.15, -0.1) is 0 Å². The summed E-state index contributed by atoms with van der Waals surface area (Å²) in [5, 5.41) is 2.89. The van der Waals surface area contributed by atoms with E-state index in [-0.39, 0.29) is 13.1 Å². The van der Waals surface area contributed by atoms with Gasteiger partial charge in [0, 0.05) is 31.9 Å². The molecule has 1 heterocycles. The van der Waals surface area contributed by atoms with Crippen LogP contribution in [0.4, 0.5) is 18.9 Å². The lowest BCUT2D eigenvalue weighted by Crippen LogP contribution is -2.38. The summed E-state index contributed by atoms with van der Waals surface area (Å²) in [5.41, 5.74) is 3.60. The maximum Gasteiger partial charge on any atom is 0.394 e. The zero-order chi connectivity index (χ0) is 14.2.